The van der Waals surface area contributed by atoms with Crippen molar-refractivity contribution in [1.29, 1.82) is 0 Å². The predicted molar refractivity (Wildman–Crippen MR) is 121 cm³/mol. The number of benzene rings is 1. The Morgan fingerprint density at radius 3 is 2.71 bits per heavy atom. The standard InChI is InChI=1S/C26H28N4O/c1-5-26(19-8-6-7-17(12-19)18-9-10-27-16(2)11-18)20-15-28-30-24(20)29-21-13-25(3,4)14-22(31)23(21)26/h6-12,15,24,29H,5,13-14H2,1-4H3/t24?,26-/m1/s1. The summed E-state index contributed by atoms with van der Waals surface area (Å²) in [6, 6.07) is 12.7. The molecular weight excluding hydrogens is 384 g/mol. The molecule has 3 heterocycles. The van der Waals surface area contributed by atoms with Crippen LogP contribution in [0.25, 0.3) is 11.1 Å². The molecule has 5 nitrogen and oxygen atoms in total. The van der Waals surface area contributed by atoms with Crippen LogP contribution in [-0.4, -0.2) is 16.9 Å². The average molecular weight is 413 g/mol. The van der Waals surface area contributed by atoms with Gasteiger partial charge in [0.1, 0.15) is 0 Å². The number of hydrogen-bond donors (Lipinski definition) is 1. The van der Waals surface area contributed by atoms with Gasteiger partial charge in [0.15, 0.2) is 11.9 Å². The number of rotatable bonds is 3. The second kappa shape index (κ2) is 6.98. The first-order chi connectivity index (χ1) is 14.8. The van der Waals surface area contributed by atoms with Gasteiger partial charge in [0, 0.05) is 35.2 Å². The molecule has 158 valence electrons. The monoisotopic (exact) mass is 412 g/mol. The molecule has 1 N–H and O–H groups in total. The summed E-state index contributed by atoms with van der Waals surface area (Å²) in [6.07, 6.45) is 5.70. The zero-order valence-corrected chi connectivity index (χ0v) is 18.6. The SMILES string of the molecule is CC[C@@]1(c2cccc(-c3ccnc(C)c3)c2)C2=CN=NC2NC2=C1C(=O)CC(C)(C)C2. The minimum Gasteiger partial charge on any atom is -0.362 e. The molecule has 1 aromatic carbocycles. The molecule has 0 spiro atoms. The molecule has 5 heteroatoms. The number of fused-ring (bicyclic) bond motifs is 1. The van der Waals surface area contributed by atoms with Gasteiger partial charge in [-0.25, -0.2) is 0 Å². The van der Waals surface area contributed by atoms with Gasteiger partial charge in [-0.3, -0.25) is 9.78 Å². The lowest BCUT2D eigenvalue weighted by Gasteiger charge is -2.47. The van der Waals surface area contributed by atoms with E-state index in [9.17, 15) is 4.79 Å². The maximum Gasteiger partial charge on any atom is 0.164 e. The molecule has 2 aliphatic heterocycles. The summed E-state index contributed by atoms with van der Waals surface area (Å²) in [5.74, 6) is 0.233. The summed E-state index contributed by atoms with van der Waals surface area (Å²) < 4.78 is 0. The molecule has 1 unspecified atom stereocenters. The van der Waals surface area contributed by atoms with Crippen LogP contribution >= 0.6 is 0 Å². The molecule has 3 aliphatic rings. The van der Waals surface area contributed by atoms with Crippen molar-refractivity contribution in [3.05, 3.63) is 76.9 Å². The highest BCUT2D eigenvalue weighted by atomic mass is 16.1. The number of nitrogens with zero attached hydrogens (tertiary/aromatic N) is 3. The van der Waals surface area contributed by atoms with Crippen LogP contribution in [0.2, 0.25) is 0 Å². The summed E-state index contributed by atoms with van der Waals surface area (Å²) in [7, 11) is 0. The van der Waals surface area contributed by atoms with Gasteiger partial charge in [-0.15, -0.1) is 0 Å². The number of aryl methyl sites for hydroxylation is 1. The van der Waals surface area contributed by atoms with E-state index in [4.69, 9.17) is 0 Å². The van der Waals surface area contributed by atoms with E-state index in [0.29, 0.717) is 6.42 Å². The Morgan fingerprint density at radius 1 is 1.13 bits per heavy atom. The van der Waals surface area contributed by atoms with E-state index in [2.05, 4.69) is 71.6 Å². The Kier molecular flexibility index (Phi) is 4.47. The Balaban J connectivity index is 1.73. The number of nitrogens with one attached hydrogen (secondary N) is 1. The Hall–Kier alpha value is -3.08. The van der Waals surface area contributed by atoms with E-state index in [1.165, 1.54) is 0 Å². The van der Waals surface area contributed by atoms with Crippen LogP contribution in [-0.2, 0) is 10.2 Å². The van der Waals surface area contributed by atoms with E-state index in [1.807, 2.05) is 25.4 Å². The largest absolute Gasteiger partial charge is 0.362 e. The van der Waals surface area contributed by atoms with Gasteiger partial charge in [-0.05, 0) is 60.1 Å². The third kappa shape index (κ3) is 3.06. The fourth-order valence-corrected chi connectivity index (χ4v) is 5.58. The van der Waals surface area contributed by atoms with Crippen LogP contribution in [0.1, 0.15) is 51.3 Å². The molecule has 2 atom stereocenters. The number of carbonyl (C=O) groups is 1. The molecule has 2 aromatic rings. The van der Waals surface area contributed by atoms with Crippen molar-refractivity contribution in [2.45, 2.75) is 58.5 Å². The van der Waals surface area contributed by atoms with Gasteiger partial charge in [-0.1, -0.05) is 39.0 Å². The van der Waals surface area contributed by atoms with Gasteiger partial charge in [0.05, 0.1) is 11.6 Å². The van der Waals surface area contributed by atoms with Gasteiger partial charge in [0.25, 0.3) is 0 Å². The molecule has 31 heavy (non-hydrogen) atoms. The molecule has 0 fully saturated rings. The summed E-state index contributed by atoms with van der Waals surface area (Å²) in [5, 5.41) is 12.3. The van der Waals surface area contributed by atoms with Crippen LogP contribution in [0.3, 0.4) is 0 Å². The predicted octanol–water partition coefficient (Wildman–Crippen LogP) is 5.63. The van der Waals surface area contributed by atoms with Crippen LogP contribution in [0.4, 0.5) is 0 Å². The Bertz CT molecular complexity index is 1170. The fraction of sp³-hybridized carbons (Fsp3) is 0.385. The number of carbonyl (C=O) groups excluding carboxylic acids is 1. The first-order valence-electron chi connectivity index (χ1n) is 11.0. The fourth-order valence-electron chi connectivity index (χ4n) is 5.58. The van der Waals surface area contributed by atoms with E-state index < -0.39 is 5.41 Å². The van der Waals surface area contributed by atoms with E-state index in [1.54, 1.807) is 0 Å². The van der Waals surface area contributed by atoms with Crippen molar-refractivity contribution in [2.24, 2.45) is 15.6 Å². The summed E-state index contributed by atoms with van der Waals surface area (Å²) in [5.41, 5.74) is 6.83. The second-order valence-electron chi connectivity index (χ2n) is 9.68. The zero-order chi connectivity index (χ0) is 21.8. The first-order valence-corrected chi connectivity index (χ1v) is 11.0. The Labute approximate surface area is 183 Å². The van der Waals surface area contributed by atoms with Crippen LogP contribution in [0, 0.1) is 12.3 Å². The average Bonchev–Trinajstić information content (AvgIpc) is 3.20. The van der Waals surface area contributed by atoms with Crippen molar-refractivity contribution < 1.29 is 4.79 Å². The number of ketones is 1. The van der Waals surface area contributed by atoms with Gasteiger partial charge in [-0.2, -0.15) is 10.2 Å². The maximum atomic E-state index is 13.6. The highest BCUT2D eigenvalue weighted by molar-refractivity contribution is 6.01. The van der Waals surface area contributed by atoms with E-state index in [0.717, 1.165) is 52.1 Å². The molecular formula is C26H28N4O. The normalized spacial score (nSPS) is 26.3. The number of Topliss-reactive ketones (excluding diaryl/α,β-unsaturated/α-hetero) is 1. The topological polar surface area (TPSA) is 66.7 Å². The van der Waals surface area contributed by atoms with Crippen molar-refractivity contribution in [2.75, 3.05) is 0 Å². The van der Waals surface area contributed by atoms with Gasteiger partial charge < -0.3 is 5.32 Å². The minimum absolute atomic E-state index is 0.0597. The van der Waals surface area contributed by atoms with Gasteiger partial charge in [0.2, 0.25) is 0 Å². The summed E-state index contributed by atoms with van der Waals surface area (Å²) >= 11 is 0. The third-order valence-corrected chi connectivity index (χ3v) is 6.89. The van der Waals surface area contributed by atoms with Crippen molar-refractivity contribution >= 4 is 5.78 Å². The minimum atomic E-state index is -0.513. The molecule has 0 saturated carbocycles. The number of allylic oxidation sites excluding steroid dienone is 2. The molecule has 0 radical (unpaired) electrons. The summed E-state index contributed by atoms with van der Waals surface area (Å²) in [6.45, 7) is 8.50. The zero-order valence-electron chi connectivity index (χ0n) is 18.6. The highest BCUT2D eigenvalue weighted by Gasteiger charge is 2.52. The molecule has 0 saturated heterocycles. The van der Waals surface area contributed by atoms with E-state index in [-0.39, 0.29) is 17.4 Å². The van der Waals surface area contributed by atoms with Crippen molar-refractivity contribution in [3.8, 4) is 11.1 Å². The number of azo groups is 1. The number of hydrogen-bond acceptors (Lipinski definition) is 5. The quantitative estimate of drug-likeness (QED) is 0.711. The van der Waals surface area contributed by atoms with Crippen LogP contribution in [0.5, 0.6) is 0 Å². The molecule has 1 aromatic heterocycles. The van der Waals surface area contributed by atoms with Gasteiger partial charge >= 0.3 is 0 Å². The molecule has 5 rings (SSSR count). The Morgan fingerprint density at radius 2 is 1.94 bits per heavy atom. The molecule has 1 aliphatic carbocycles. The van der Waals surface area contributed by atoms with Crippen molar-refractivity contribution in [1.82, 2.24) is 10.3 Å². The second-order valence-corrected chi connectivity index (χ2v) is 9.68. The van der Waals surface area contributed by atoms with E-state index >= 15 is 0 Å². The number of aromatic nitrogens is 1. The summed E-state index contributed by atoms with van der Waals surface area (Å²) in [4.78, 5) is 17.9. The maximum absolute atomic E-state index is 13.6. The number of pyridine rings is 1. The lowest BCUT2D eigenvalue weighted by atomic mass is 9.58. The lowest BCUT2D eigenvalue weighted by Crippen LogP contribution is -2.51. The van der Waals surface area contributed by atoms with Crippen molar-refractivity contribution in [3.63, 3.8) is 0 Å². The van der Waals surface area contributed by atoms with Crippen LogP contribution < -0.4 is 5.32 Å². The molecule has 0 amide bonds. The highest BCUT2D eigenvalue weighted by Crippen LogP contribution is 2.53. The lowest BCUT2D eigenvalue weighted by molar-refractivity contribution is -0.119. The van der Waals surface area contributed by atoms with Crippen LogP contribution in [0.15, 0.2) is 75.9 Å². The smallest absolute Gasteiger partial charge is 0.164 e. The first kappa shape index (κ1) is 19.9. The third-order valence-electron chi connectivity index (χ3n) is 6.89. The molecule has 0 bridgehead atoms.